The van der Waals surface area contributed by atoms with Crippen LogP contribution in [0.25, 0.3) is 0 Å². The average molecular weight is 293 g/mol. The van der Waals surface area contributed by atoms with E-state index in [1.807, 2.05) is 0 Å². The Balaban J connectivity index is 2.05. The Bertz CT molecular complexity index is 430. The molecule has 0 aromatic carbocycles. The van der Waals surface area contributed by atoms with Crippen molar-refractivity contribution in [3.05, 3.63) is 0 Å². The van der Waals surface area contributed by atoms with E-state index in [0.717, 1.165) is 6.26 Å². The number of nitrogens with zero attached hydrogens (tertiary/aromatic N) is 1. The van der Waals surface area contributed by atoms with E-state index in [9.17, 15) is 18.0 Å². The van der Waals surface area contributed by atoms with Gasteiger partial charge in [-0.1, -0.05) is 0 Å². The summed E-state index contributed by atoms with van der Waals surface area (Å²) >= 11 is 0. The first kappa shape index (κ1) is 15.7. The molecule has 0 saturated carbocycles. The van der Waals surface area contributed by atoms with Crippen molar-refractivity contribution < 1.29 is 23.1 Å². The fourth-order valence-electron chi connectivity index (χ4n) is 1.76. The van der Waals surface area contributed by atoms with Crippen molar-refractivity contribution in [2.75, 3.05) is 32.4 Å². The van der Waals surface area contributed by atoms with Gasteiger partial charge in [-0.2, -0.15) is 0 Å². The van der Waals surface area contributed by atoms with Crippen LogP contribution >= 0.6 is 0 Å². The minimum atomic E-state index is -3.18. The van der Waals surface area contributed by atoms with Crippen molar-refractivity contribution in [1.82, 2.24) is 14.9 Å². The van der Waals surface area contributed by atoms with Crippen LogP contribution in [0.1, 0.15) is 12.8 Å². The molecule has 19 heavy (non-hydrogen) atoms. The highest BCUT2D eigenvalue weighted by atomic mass is 32.2. The lowest BCUT2D eigenvalue weighted by molar-refractivity contribution is -0.139. The fraction of sp³-hybridized carbons (Fsp3) is 0.800. The largest absolute Gasteiger partial charge is 0.481 e. The normalized spacial score (nSPS) is 15.9. The van der Waals surface area contributed by atoms with Gasteiger partial charge in [-0.15, -0.1) is 0 Å². The van der Waals surface area contributed by atoms with E-state index >= 15 is 0 Å². The third-order valence-electron chi connectivity index (χ3n) is 2.70. The first-order chi connectivity index (χ1) is 8.78. The number of likely N-dealkylation sites (tertiary alicyclic amines) is 1. The first-order valence-electron chi connectivity index (χ1n) is 5.97. The molecule has 1 saturated heterocycles. The second-order valence-corrected chi connectivity index (χ2v) is 6.45. The molecule has 2 amide bonds. The van der Waals surface area contributed by atoms with E-state index in [1.54, 1.807) is 0 Å². The first-order valence-corrected chi connectivity index (χ1v) is 7.86. The smallest absolute Gasteiger partial charge is 0.317 e. The molecule has 1 heterocycles. The van der Waals surface area contributed by atoms with Gasteiger partial charge in [-0.3, -0.25) is 4.79 Å². The third kappa shape index (κ3) is 6.39. The summed E-state index contributed by atoms with van der Waals surface area (Å²) in [6.07, 6.45) is 1.67. The number of carboxylic acid groups (broad SMARTS) is 1. The van der Waals surface area contributed by atoms with Crippen molar-refractivity contribution >= 4 is 22.0 Å². The van der Waals surface area contributed by atoms with Crippen molar-refractivity contribution in [2.45, 2.75) is 12.8 Å². The van der Waals surface area contributed by atoms with Gasteiger partial charge in [0.25, 0.3) is 0 Å². The lowest BCUT2D eigenvalue weighted by Gasteiger charge is -2.38. The standard InChI is InChI=1S/C10H19N3O5S/c1-19(17,18)12-4-2-3-11-10(16)13-6-8(7-13)5-9(14)15/h8,12H,2-7H2,1H3,(H,11,16)(H,14,15). The number of hydrogen-bond acceptors (Lipinski definition) is 4. The average Bonchev–Trinajstić information content (AvgIpc) is 2.20. The summed E-state index contributed by atoms with van der Waals surface area (Å²) in [4.78, 5) is 23.5. The number of amides is 2. The molecule has 0 radical (unpaired) electrons. The number of carbonyl (C=O) groups excluding carboxylic acids is 1. The molecule has 0 aliphatic carbocycles. The molecular formula is C10H19N3O5S. The highest BCUT2D eigenvalue weighted by molar-refractivity contribution is 7.88. The molecule has 0 unspecified atom stereocenters. The zero-order valence-corrected chi connectivity index (χ0v) is 11.6. The van der Waals surface area contributed by atoms with Crippen LogP contribution in [0.2, 0.25) is 0 Å². The Hall–Kier alpha value is -1.35. The summed E-state index contributed by atoms with van der Waals surface area (Å²) in [5.74, 6) is -0.813. The minimum Gasteiger partial charge on any atom is -0.481 e. The highest BCUT2D eigenvalue weighted by Gasteiger charge is 2.31. The molecule has 9 heteroatoms. The maximum Gasteiger partial charge on any atom is 0.317 e. The van der Waals surface area contributed by atoms with Gasteiger partial charge in [0.1, 0.15) is 0 Å². The molecule has 1 aliphatic rings. The maximum absolute atomic E-state index is 11.5. The van der Waals surface area contributed by atoms with Crippen molar-refractivity contribution in [1.29, 1.82) is 0 Å². The zero-order valence-electron chi connectivity index (χ0n) is 10.8. The topological polar surface area (TPSA) is 116 Å². The van der Waals surface area contributed by atoms with Gasteiger partial charge in [0, 0.05) is 32.1 Å². The molecule has 3 N–H and O–H groups in total. The van der Waals surface area contributed by atoms with Crippen LogP contribution in [0.15, 0.2) is 0 Å². The van der Waals surface area contributed by atoms with E-state index in [-0.39, 0.29) is 24.9 Å². The molecule has 0 atom stereocenters. The van der Waals surface area contributed by atoms with Gasteiger partial charge in [0.15, 0.2) is 0 Å². The van der Waals surface area contributed by atoms with Crippen LogP contribution in [0.3, 0.4) is 0 Å². The number of aliphatic carboxylic acids is 1. The molecule has 1 fully saturated rings. The van der Waals surface area contributed by atoms with Gasteiger partial charge in [0.05, 0.1) is 12.7 Å². The Morgan fingerprint density at radius 1 is 1.32 bits per heavy atom. The molecule has 0 aromatic heterocycles. The fourth-order valence-corrected chi connectivity index (χ4v) is 2.28. The van der Waals surface area contributed by atoms with Crippen LogP contribution in [0, 0.1) is 5.92 Å². The van der Waals surface area contributed by atoms with Gasteiger partial charge >= 0.3 is 12.0 Å². The van der Waals surface area contributed by atoms with E-state index in [2.05, 4.69) is 10.0 Å². The molecular weight excluding hydrogens is 274 g/mol. The zero-order chi connectivity index (χ0) is 14.5. The number of rotatable bonds is 7. The summed E-state index contributed by atoms with van der Waals surface area (Å²) in [5, 5.41) is 11.2. The third-order valence-corrected chi connectivity index (χ3v) is 3.43. The van der Waals surface area contributed by atoms with E-state index in [4.69, 9.17) is 5.11 Å². The molecule has 8 nitrogen and oxygen atoms in total. The van der Waals surface area contributed by atoms with Crippen LogP contribution in [0.4, 0.5) is 4.79 Å². The van der Waals surface area contributed by atoms with E-state index in [0.29, 0.717) is 26.1 Å². The van der Waals surface area contributed by atoms with Gasteiger partial charge < -0.3 is 15.3 Å². The molecule has 0 spiro atoms. The summed E-state index contributed by atoms with van der Waals surface area (Å²) in [5.41, 5.74) is 0. The summed E-state index contributed by atoms with van der Waals surface area (Å²) < 4.78 is 23.8. The van der Waals surface area contributed by atoms with Gasteiger partial charge in [-0.25, -0.2) is 17.9 Å². The second kappa shape index (κ2) is 6.71. The minimum absolute atomic E-state index is 0.0372. The number of carbonyl (C=O) groups is 2. The molecule has 0 bridgehead atoms. The molecule has 1 rings (SSSR count). The van der Waals surface area contributed by atoms with Gasteiger partial charge in [-0.05, 0) is 6.42 Å². The predicted octanol–water partition coefficient (Wildman–Crippen LogP) is -0.958. The van der Waals surface area contributed by atoms with Crippen molar-refractivity contribution in [3.63, 3.8) is 0 Å². The van der Waals surface area contributed by atoms with Crippen LogP contribution in [-0.2, 0) is 14.8 Å². The number of sulfonamides is 1. The second-order valence-electron chi connectivity index (χ2n) is 4.62. The SMILES string of the molecule is CS(=O)(=O)NCCCNC(=O)N1CC(CC(=O)O)C1. The molecule has 1 aliphatic heterocycles. The monoisotopic (exact) mass is 293 g/mol. The summed E-state index contributed by atoms with van der Waals surface area (Å²) in [6.45, 7) is 1.57. The number of carboxylic acids is 1. The Kier molecular flexibility index (Phi) is 5.55. The van der Waals surface area contributed by atoms with Crippen LogP contribution in [0.5, 0.6) is 0 Å². The van der Waals surface area contributed by atoms with Crippen LogP contribution in [-0.4, -0.2) is 62.9 Å². The number of urea groups is 1. The maximum atomic E-state index is 11.5. The van der Waals surface area contributed by atoms with E-state index < -0.39 is 16.0 Å². The summed E-state index contributed by atoms with van der Waals surface area (Å²) in [7, 11) is -3.18. The highest BCUT2D eigenvalue weighted by Crippen LogP contribution is 2.18. The van der Waals surface area contributed by atoms with Crippen molar-refractivity contribution in [2.24, 2.45) is 5.92 Å². The Morgan fingerprint density at radius 3 is 2.47 bits per heavy atom. The lowest BCUT2D eigenvalue weighted by atomic mass is 9.97. The lowest BCUT2D eigenvalue weighted by Crippen LogP contribution is -2.54. The summed E-state index contributed by atoms with van der Waals surface area (Å²) in [6, 6.07) is -0.235. The van der Waals surface area contributed by atoms with Crippen LogP contribution < -0.4 is 10.0 Å². The predicted molar refractivity (Wildman–Crippen MR) is 68.2 cm³/mol. The number of nitrogens with one attached hydrogen (secondary N) is 2. The molecule has 110 valence electrons. The Labute approximate surface area is 112 Å². The van der Waals surface area contributed by atoms with Gasteiger partial charge in [0.2, 0.25) is 10.0 Å². The number of hydrogen-bond donors (Lipinski definition) is 3. The van der Waals surface area contributed by atoms with E-state index in [1.165, 1.54) is 4.90 Å². The molecule has 0 aromatic rings. The quantitative estimate of drug-likeness (QED) is 0.523. The van der Waals surface area contributed by atoms with Crippen molar-refractivity contribution in [3.8, 4) is 0 Å². The Morgan fingerprint density at radius 2 is 1.95 bits per heavy atom.